The highest BCUT2D eigenvalue weighted by Gasteiger charge is 2.54. The van der Waals surface area contributed by atoms with Crippen LogP contribution in [0, 0.1) is 12.7 Å². The Labute approximate surface area is 172 Å². The molecule has 0 spiro atoms. The zero-order valence-corrected chi connectivity index (χ0v) is 17.1. The fourth-order valence-corrected chi connectivity index (χ4v) is 3.68. The highest BCUT2D eigenvalue weighted by Crippen LogP contribution is 2.41. The maximum absolute atomic E-state index is 14.1. The summed E-state index contributed by atoms with van der Waals surface area (Å²) in [6, 6.07) is 1.15. The number of halogens is 5. The Morgan fingerprint density at radius 1 is 1.23 bits per heavy atom. The van der Waals surface area contributed by atoms with Gasteiger partial charge in [0.1, 0.15) is 12.1 Å². The van der Waals surface area contributed by atoms with E-state index in [1.165, 1.54) is 13.8 Å². The molecule has 1 unspecified atom stereocenters. The van der Waals surface area contributed by atoms with Crippen LogP contribution in [-0.4, -0.2) is 33.0 Å². The third kappa shape index (κ3) is 3.20. The number of allylic oxidation sites excluding steroid dienone is 2. The quantitative estimate of drug-likeness (QED) is 0.441. The van der Waals surface area contributed by atoms with E-state index in [4.69, 9.17) is 11.6 Å². The Morgan fingerprint density at radius 2 is 1.83 bits per heavy atom. The van der Waals surface area contributed by atoms with Gasteiger partial charge in [-0.2, -0.15) is 17.7 Å². The molecule has 6 nitrogen and oxygen atoms in total. The summed E-state index contributed by atoms with van der Waals surface area (Å²) in [4.78, 5) is 37.4. The fourth-order valence-electron chi connectivity index (χ4n) is 3.43. The van der Waals surface area contributed by atoms with Crippen molar-refractivity contribution in [3.63, 3.8) is 0 Å². The number of amides is 1. The molecule has 0 bridgehead atoms. The van der Waals surface area contributed by atoms with Crippen LogP contribution in [0.3, 0.4) is 0 Å². The molecule has 1 aromatic carbocycles. The van der Waals surface area contributed by atoms with Gasteiger partial charge in [0.05, 0.1) is 24.6 Å². The summed E-state index contributed by atoms with van der Waals surface area (Å²) in [5, 5.41) is 1.70. The lowest BCUT2D eigenvalue weighted by Crippen LogP contribution is -2.32. The van der Waals surface area contributed by atoms with Crippen LogP contribution in [0.15, 0.2) is 28.3 Å². The lowest BCUT2D eigenvalue weighted by atomic mass is 10.0. The lowest BCUT2D eigenvalue weighted by molar-refractivity contribution is -0.683. The first-order chi connectivity index (χ1) is 13.7. The van der Waals surface area contributed by atoms with Gasteiger partial charge in [-0.05, 0) is 19.1 Å². The Balaban J connectivity index is 1.99. The number of nitrogens with zero attached hydrogens (tertiary/aromatic N) is 2. The van der Waals surface area contributed by atoms with Gasteiger partial charge in [-0.25, -0.2) is 13.9 Å². The molecule has 1 aliphatic rings. The summed E-state index contributed by atoms with van der Waals surface area (Å²) in [5.41, 5.74) is -1.71. The van der Waals surface area contributed by atoms with Gasteiger partial charge >= 0.3 is 12.1 Å². The minimum atomic E-state index is -4.98. The first kappa shape index (κ1) is 22.0. The van der Waals surface area contributed by atoms with E-state index < -0.39 is 39.5 Å². The zero-order valence-electron chi connectivity index (χ0n) is 16.4. The second-order valence-corrected chi connectivity index (χ2v) is 7.55. The number of carbonyl (C=O) groups excluding carboxylic acids is 2. The van der Waals surface area contributed by atoms with Crippen molar-refractivity contribution in [3.05, 3.63) is 67.1 Å². The summed E-state index contributed by atoms with van der Waals surface area (Å²) >= 11 is 5.68. The Kier molecular flexibility index (Phi) is 5.07. The second kappa shape index (κ2) is 6.92. The second-order valence-electron chi connectivity index (χ2n) is 7.18. The van der Waals surface area contributed by atoms with E-state index in [-0.39, 0.29) is 28.2 Å². The molecule has 1 aliphatic heterocycles. The SMILES string of the molecule is CC(=O)[N+]1(C)C(C)=C1Cn1[nH]c(C)c(C(=O)c2ccc(C(F)(F)F)c(F)c2Cl)c1=O. The lowest BCUT2D eigenvalue weighted by Gasteiger charge is -2.11. The maximum Gasteiger partial charge on any atom is 0.419 e. The average Bonchev–Trinajstić information content (AvgIpc) is 3.02. The number of likely N-dealkylation sites (N-methyl/N-ethyl adjacent to an activating group) is 1. The minimum Gasteiger partial charge on any atom is -0.299 e. The summed E-state index contributed by atoms with van der Waals surface area (Å²) in [5.74, 6) is -2.92. The predicted molar refractivity (Wildman–Crippen MR) is 99.2 cm³/mol. The van der Waals surface area contributed by atoms with Gasteiger partial charge in [0.25, 0.3) is 5.56 Å². The molecule has 3 rings (SSSR count). The van der Waals surface area contributed by atoms with Gasteiger partial charge < -0.3 is 0 Å². The van der Waals surface area contributed by atoms with E-state index in [1.807, 2.05) is 0 Å². The Hall–Kier alpha value is -2.72. The maximum atomic E-state index is 14.1. The van der Waals surface area contributed by atoms with E-state index in [1.54, 1.807) is 14.0 Å². The number of H-pyrrole nitrogens is 1. The van der Waals surface area contributed by atoms with Crippen molar-refractivity contribution >= 4 is 23.3 Å². The first-order valence-electron chi connectivity index (χ1n) is 8.70. The number of aryl methyl sites for hydroxylation is 1. The van der Waals surface area contributed by atoms with Crippen molar-refractivity contribution in [1.82, 2.24) is 9.78 Å². The van der Waals surface area contributed by atoms with Crippen LogP contribution in [0.4, 0.5) is 17.6 Å². The number of hydrogen-bond acceptors (Lipinski definition) is 3. The highest BCUT2D eigenvalue weighted by molar-refractivity contribution is 6.35. The third-order valence-electron chi connectivity index (χ3n) is 5.51. The minimum absolute atomic E-state index is 0.0178. The summed E-state index contributed by atoms with van der Waals surface area (Å²) < 4.78 is 53.6. The summed E-state index contributed by atoms with van der Waals surface area (Å²) in [7, 11) is 1.67. The van der Waals surface area contributed by atoms with Crippen LogP contribution in [0.25, 0.3) is 0 Å². The van der Waals surface area contributed by atoms with Crippen LogP contribution in [-0.2, 0) is 17.5 Å². The largest absolute Gasteiger partial charge is 0.419 e. The molecule has 2 heterocycles. The van der Waals surface area contributed by atoms with Crippen molar-refractivity contribution < 1.29 is 31.6 Å². The number of alkyl halides is 3. The van der Waals surface area contributed by atoms with E-state index in [9.17, 15) is 31.9 Å². The molecule has 0 radical (unpaired) electrons. The van der Waals surface area contributed by atoms with Crippen molar-refractivity contribution in [2.45, 2.75) is 33.5 Å². The Morgan fingerprint density at radius 3 is 2.33 bits per heavy atom. The van der Waals surface area contributed by atoms with Gasteiger partial charge in [0.15, 0.2) is 11.5 Å². The molecule has 1 N–H and O–H groups in total. The van der Waals surface area contributed by atoms with Gasteiger partial charge in [-0.3, -0.25) is 14.7 Å². The first-order valence-corrected chi connectivity index (χ1v) is 9.08. The average molecular weight is 447 g/mol. The smallest absolute Gasteiger partial charge is 0.299 e. The third-order valence-corrected chi connectivity index (χ3v) is 5.88. The topological polar surface area (TPSA) is 71.9 Å². The summed E-state index contributed by atoms with van der Waals surface area (Å²) in [6.07, 6.45) is -4.98. The zero-order chi connectivity index (χ0) is 22.8. The summed E-state index contributed by atoms with van der Waals surface area (Å²) in [6.45, 7) is 4.60. The van der Waals surface area contributed by atoms with Gasteiger partial charge in [-0.1, -0.05) is 11.6 Å². The normalized spacial score (nSPS) is 18.7. The van der Waals surface area contributed by atoms with Crippen molar-refractivity contribution in [2.24, 2.45) is 0 Å². The fraction of sp³-hybridized carbons (Fsp3) is 0.316. The monoisotopic (exact) mass is 446 g/mol. The number of benzene rings is 1. The molecule has 1 aromatic heterocycles. The molecule has 1 amide bonds. The van der Waals surface area contributed by atoms with Crippen LogP contribution in [0.1, 0.15) is 41.0 Å². The number of nitrogens with one attached hydrogen (secondary N) is 1. The number of aromatic nitrogens is 2. The van der Waals surface area contributed by atoms with Crippen molar-refractivity contribution in [3.8, 4) is 0 Å². The van der Waals surface area contributed by atoms with Crippen LogP contribution < -0.4 is 5.56 Å². The molecule has 1 atom stereocenters. The van der Waals surface area contributed by atoms with E-state index in [0.717, 1.165) is 16.4 Å². The predicted octanol–water partition coefficient (Wildman–Crippen LogP) is 3.77. The van der Waals surface area contributed by atoms with E-state index >= 15 is 0 Å². The number of hydrogen-bond donors (Lipinski definition) is 1. The van der Waals surface area contributed by atoms with Crippen molar-refractivity contribution in [2.75, 3.05) is 7.05 Å². The van der Waals surface area contributed by atoms with Crippen molar-refractivity contribution in [1.29, 1.82) is 0 Å². The molecule has 160 valence electrons. The number of carbonyl (C=O) groups is 2. The number of rotatable bonds is 4. The molecule has 0 fully saturated rings. The molecule has 30 heavy (non-hydrogen) atoms. The van der Waals surface area contributed by atoms with Crippen LogP contribution in [0.5, 0.6) is 0 Å². The standard InChI is InChI=1S/C19H16ClF4N3O3/c1-8-14(17(29)11-5-6-12(19(22,23)24)16(21)15(11)20)18(30)26(25-8)7-13-9(2)27(13,4)10(3)28/h5-6H,7H2,1-4H3/p+1. The molecule has 11 heteroatoms. The van der Waals surface area contributed by atoms with E-state index in [2.05, 4.69) is 5.10 Å². The molecular weight excluding hydrogens is 430 g/mol. The van der Waals surface area contributed by atoms with Crippen LogP contribution >= 0.6 is 11.6 Å². The van der Waals surface area contributed by atoms with E-state index in [0.29, 0.717) is 11.8 Å². The molecule has 0 aliphatic carbocycles. The molecule has 0 saturated heterocycles. The van der Waals surface area contributed by atoms with Gasteiger partial charge in [-0.15, -0.1) is 0 Å². The highest BCUT2D eigenvalue weighted by atomic mass is 35.5. The van der Waals surface area contributed by atoms with Gasteiger partial charge in [0, 0.05) is 18.2 Å². The number of quaternary nitrogens is 1. The number of aromatic amines is 1. The Bertz CT molecular complexity index is 1190. The molecule has 0 saturated carbocycles. The van der Waals surface area contributed by atoms with Crippen LogP contribution in [0.2, 0.25) is 5.02 Å². The van der Waals surface area contributed by atoms with Gasteiger partial charge in [0.2, 0.25) is 11.5 Å². The number of ketones is 1. The molecule has 2 aromatic rings. The molecular formula is C19H17ClF4N3O3+.